The minimum Gasteiger partial charge on any atom is -0.354 e. The van der Waals surface area contributed by atoms with Gasteiger partial charge in [0.1, 0.15) is 0 Å². The van der Waals surface area contributed by atoms with Crippen LogP contribution in [0.15, 0.2) is 12.1 Å². The average molecular weight is 294 g/mol. The maximum atomic E-state index is 12.0. The molecule has 5 heteroatoms. The van der Waals surface area contributed by atoms with Crippen LogP contribution in [0.3, 0.4) is 0 Å². The van der Waals surface area contributed by atoms with Gasteiger partial charge in [0.2, 0.25) is 11.8 Å². The van der Waals surface area contributed by atoms with E-state index in [1.54, 1.807) is 11.3 Å². The Morgan fingerprint density at radius 1 is 1.30 bits per heavy atom. The van der Waals surface area contributed by atoms with Crippen molar-refractivity contribution in [2.75, 3.05) is 13.1 Å². The van der Waals surface area contributed by atoms with Crippen molar-refractivity contribution in [3.8, 4) is 0 Å². The number of hydrogen-bond acceptors (Lipinski definition) is 3. The second-order valence-corrected chi connectivity index (χ2v) is 6.95. The lowest BCUT2D eigenvalue weighted by molar-refractivity contribution is -0.125. The lowest BCUT2D eigenvalue weighted by atomic mass is 10.2. The van der Waals surface area contributed by atoms with E-state index in [-0.39, 0.29) is 23.7 Å². The van der Waals surface area contributed by atoms with Gasteiger partial charge >= 0.3 is 0 Å². The van der Waals surface area contributed by atoms with Crippen LogP contribution in [-0.2, 0) is 9.59 Å². The topological polar surface area (TPSA) is 58.2 Å². The zero-order chi connectivity index (χ0) is 14.7. The summed E-state index contributed by atoms with van der Waals surface area (Å²) in [5.41, 5.74) is 0. The summed E-state index contributed by atoms with van der Waals surface area (Å²) < 4.78 is 0. The van der Waals surface area contributed by atoms with Crippen molar-refractivity contribution >= 4 is 23.2 Å². The molecule has 1 saturated carbocycles. The molecule has 0 spiro atoms. The summed E-state index contributed by atoms with van der Waals surface area (Å²) in [6, 6.07) is 4.23. The first-order valence-corrected chi connectivity index (χ1v) is 7.92. The highest BCUT2D eigenvalue weighted by Gasteiger charge is 2.44. The normalized spacial score (nSPS) is 20.8. The largest absolute Gasteiger partial charge is 0.354 e. The average Bonchev–Trinajstić information content (AvgIpc) is 3.09. The van der Waals surface area contributed by atoms with Crippen LogP contribution in [0, 0.1) is 18.8 Å². The molecule has 20 heavy (non-hydrogen) atoms. The molecule has 0 aromatic carbocycles. The van der Waals surface area contributed by atoms with Crippen LogP contribution in [0.5, 0.6) is 0 Å². The van der Waals surface area contributed by atoms with E-state index in [0.717, 1.165) is 6.42 Å². The Morgan fingerprint density at radius 3 is 2.60 bits per heavy atom. The Labute approximate surface area is 124 Å². The quantitative estimate of drug-likeness (QED) is 0.789. The van der Waals surface area contributed by atoms with Gasteiger partial charge in [-0.15, -0.1) is 11.3 Å². The Bertz CT molecular complexity index is 496. The molecule has 1 aliphatic rings. The minimum absolute atomic E-state index is 0.0133. The fourth-order valence-corrected chi connectivity index (χ4v) is 3.21. The summed E-state index contributed by atoms with van der Waals surface area (Å²) in [7, 11) is 0. The number of carbonyl (C=O) groups excluding carboxylic acids is 2. The molecule has 4 nitrogen and oxygen atoms in total. The van der Waals surface area contributed by atoms with E-state index < -0.39 is 0 Å². The molecule has 110 valence electrons. The zero-order valence-electron chi connectivity index (χ0n) is 12.2. The number of thiophene rings is 1. The van der Waals surface area contributed by atoms with Crippen LogP contribution in [0.25, 0.3) is 0 Å². The van der Waals surface area contributed by atoms with Gasteiger partial charge in [-0.3, -0.25) is 9.59 Å². The fourth-order valence-electron chi connectivity index (χ4n) is 2.16. The van der Waals surface area contributed by atoms with Crippen molar-refractivity contribution < 1.29 is 9.59 Å². The van der Waals surface area contributed by atoms with Gasteiger partial charge in [0, 0.05) is 40.6 Å². The molecule has 1 fully saturated rings. The first-order chi connectivity index (χ1) is 9.49. The molecule has 0 unspecified atom stereocenters. The molecular weight excluding hydrogens is 272 g/mol. The van der Waals surface area contributed by atoms with E-state index in [1.165, 1.54) is 9.75 Å². The fraction of sp³-hybridized carbons (Fsp3) is 0.600. The van der Waals surface area contributed by atoms with E-state index >= 15 is 0 Å². The van der Waals surface area contributed by atoms with Crippen LogP contribution in [0.1, 0.15) is 35.9 Å². The third-order valence-electron chi connectivity index (χ3n) is 3.50. The highest BCUT2D eigenvalue weighted by molar-refractivity contribution is 7.12. The van der Waals surface area contributed by atoms with Crippen LogP contribution >= 0.6 is 11.3 Å². The van der Waals surface area contributed by atoms with Crippen LogP contribution in [0.2, 0.25) is 0 Å². The van der Waals surface area contributed by atoms with Gasteiger partial charge in [0.15, 0.2) is 0 Å². The molecular formula is C15H22N2O2S. The molecule has 1 heterocycles. The van der Waals surface area contributed by atoms with Crippen LogP contribution < -0.4 is 10.6 Å². The number of amides is 2. The summed E-state index contributed by atoms with van der Waals surface area (Å²) in [6.45, 7) is 6.79. The molecule has 0 bridgehead atoms. The predicted octanol–water partition coefficient (Wildman–Crippen LogP) is 2.05. The van der Waals surface area contributed by atoms with Gasteiger partial charge in [-0.2, -0.15) is 0 Å². The van der Waals surface area contributed by atoms with Gasteiger partial charge in [-0.05, 0) is 25.5 Å². The van der Waals surface area contributed by atoms with E-state index in [0.29, 0.717) is 19.0 Å². The number of aryl methyl sites for hydroxylation is 1. The van der Waals surface area contributed by atoms with E-state index in [9.17, 15) is 9.59 Å². The Morgan fingerprint density at radius 2 is 2.00 bits per heavy atom. The van der Waals surface area contributed by atoms with Gasteiger partial charge in [-0.25, -0.2) is 0 Å². The molecule has 2 rings (SSSR count). The summed E-state index contributed by atoms with van der Waals surface area (Å²) in [6.07, 6.45) is 0.949. The lowest BCUT2D eigenvalue weighted by Crippen LogP contribution is -2.37. The van der Waals surface area contributed by atoms with Crippen molar-refractivity contribution in [2.24, 2.45) is 11.8 Å². The van der Waals surface area contributed by atoms with E-state index in [4.69, 9.17) is 0 Å². The monoisotopic (exact) mass is 294 g/mol. The number of rotatable bonds is 6. The lowest BCUT2D eigenvalue weighted by Gasteiger charge is -2.08. The molecule has 2 amide bonds. The first-order valence-electron chi connectivity index (χ1n) is 7.10. The second-order valence-electron chi connectivity index (χ2n) is 5.63. The summed E-state index contributed by atoms with van der Waals surface area (Å²) >= 11 is 1.78. The predicted molar refractivity (Wildman–Crippen MR) is 80.8 cm³/mol. The zero-order valence-corrected chi connectivity index (χ0v) is 13.0. The molecule has 2 N–H and O–H groups in total. The van der Waals surface area contributed by atoms with Crippen molar-refractivity contribution in [2.45, 2.75) is 33.1 Å². The van der Waals surface area contributed by atoms with Gasteiger partial charge < -0.3 is 10.6 Å². The molecule has 0 radical (unpaired) electrons. The number of nitrogens with one attached hydrogen (secondary N) is 2. The second kappa shape index (κ2) is 6.39. The first kappa shape index (κ1) is 15.0. The highest BCUT2D eigenvalue weighted by atomic mass is 32.1. The molecule has 1 aromatic heterocycles. The van der Waals surface area contributed by atoms with Crippen LogP contribution in [-0.4, -0.2) is 24.9 Å². The highest BCUT2D eigenvalue weighted by Crippen LogP contribution is 2.49. The number of carbonyl (C=O) groups is 2. The summed E-state index contributed by atoms with van der Waals surface area (Å²) in [5.74, 6) is 0.644. The number of hydrogen-bond donors (Lipinski definition) is 2. The maximum Gasteiger partial charge on any atom is 0.223 e. The van der Waals surface area contributed by atoms with Crippen molar-refractivity contribution in [3.05, 3.63) is 21.9 Å². The molecule has 0 saturated heterocycles. The minimum atomic E-state index is -0.0133. The summed E-state index contributed by atoms with van der Waals surface area (Å²) in [5, 5.41) is 5.69. The van der Waals surface area contributed by atoms with Gasteiger partial charge in [0.25, 0.3) is 0 Å². The standard InChI is InChI=1S/C15H22N2O2S/c1-9(2)14(18)16-6-7-17-15(19)12-8-11(12)13-5-4-10(3)20-13/h4-5,9,11-12H,6-8H2,1-3H3,(H,16,18)(H,17,19)/t11-,12+/m0/s1. The van der Waals surface area contributed by atoms with Crippen molar-refractivity contribution in [3.63, 3.8) is 0 Å². The maximum absolute atomic E-state index is 12.0. The van der Waals surface area contributed by atoms with Crippen LogP contribution in [0.4, 0.5) is 0 Å². The molecule has 0 aliphatic heterocycles. The molecule has 1 aliphatic carbocycles. The summed E-state index contributed by atoms with van der Waals surface area (Å²) in [4.78, 5) is 25.9. The SMILES string of the molecule is Cc1ccc([C@H]2C[C@H]2C(=O)NCCNC(=O)C(C)C)s1. The third-order valence-corrected chi connectivity index (χ3v) is 4.63. The molecule has 2 atom stereocenters. The van der Waals surface area contributed by atoms with Gasteiger partial charge in [-0.1, -0.05) is 13.8 Å². The smallest absolute Gasteiger partial charge is 0.223 e. The Balaban J connectivity index is 1.66. The van der Waals surface area contributed by atoms with Gasteiger partial charge in [0.05, 0.1) is 0 Å². The van der Waals surface area contributed by atoms with E-state index in [1.807, 2.05) is 13.8 Å². The third kappa shape index (κ3) is 3.82. The van der Waals surface area contributed by atoms with E-state index in [2.05, 4.69) is 29.7 Å². The Hall–Kier alpha value is -1.36. The Kier molecular flexibility index (Phi) is 4.81. The van der Waals surface area contributed by atoms with Crippen molar-refractivity contribution in [1.82, 2.24) is 10.6 Å². The molecule has 1 aromatic rings. The van der Waals surface area contributed by atoms with Crippen molar-refractivity contribution in [1.29, 1.82) is 0 Å².